The normalized spacial score (nSPS) is 13.7. The van der Waals surface area contributed by atoms with E-state index in [1.807, 2.05) is 37.3 Å². The Morgan fingerprint density at radius 2 is 2.00 bits per heavy atom. The minimum atomic E-state index is -0.362. The van der Waals surface area contributed by atoms with Crippen molar-refractivity contribution in [2.45, 2.75) is 19.8 Å². The SMILES string of the molecule is C/C(=C/C(C)c1ccccc1)[N+](=O)[O-]. The third-order valence-corrected chi connectivity index (χ3v) is 2.10. The quantitative estimate of drug-likeness (QED) is 0.544. The molecule has 0 bridgehead atoms. The molecule has 1 unspecified atom stereocenters. The highest BCUT2D eigenvalue weighted by molar-refractivity contribution is 5.23. The van der Waals surface area contributed by atoms with E-state index in [1.54, 1.807) is 6.08 Å². The molecule has 1 atom stereocenters. The Morgan fingerprint density at radius 1 is 1.43 bits per heavy atom. The van der Waals surface area contributed by atoms with Gasteiger partial charge >= 0.3 is 0 Å². The molecule has 0 amide bonds. The van der Waals surface area contributed by atoms with E-state index in [0.717, 1.165) is 5.56 Å². The summed E-state index contributed by atoms with van der Waals surface area (Å²) >= 11 is 0. The summed E-state index contributed by atoms with van der Waals surface area (Å²) in [6.45, 7) is 3.46. The highest BCUT2D eigenvalue weighted by Gasteiger charge is 2.07. The zero-order chi connectivity index (χ0) is 10.6. The number of hydrogen-bond donors (Lipinski definition) is 0. The van der Waals surface area contributed by atoms with Crippen LogP contribution >= 0.6 is 0 Å². The van der Waals surface area contributed by atoms with E-state index in [2.05, 4.69) is 0 Å². The lowest BCUT2D eigenvalue weighted by Crippen LogP contribution is -1.97. The third kappa shape index (κ3) is 2.69. The predicted octanol–water partition coefficient (Wildman–Crippen LogP) is 2.97. The molecule has 0 spiro atoms. The van der Waals surface area contributed by atoms with Crippen LogP contribution in [0.4, 0.5) is 0 Å². The van der Waals surface area contributed by atoms with Gasteiger partial charge in [-0.05, 0) is 11.6 Å². The molecule has 0 N–H and O–H groups in total. The second-order valence-corrected chi connectivity index (χ2v) is 3.26. The second-order valence-electron chi connectivity index (χ2n) is 3.26. The molecular weight excluding hydrogens is 178 g/mol. The molecule has 0 aliphatic carbocycles. The van der Waals surface area contributed by atoms with Gasteiger partial charge in [0.25, 0.3) is 0 Å². The molecule has 0 heterocycles. The molecule has 3 heteroatoms. The summed E-state index contributed by atoms with van der Waals surface area (Å²) in [6, 6.07) is 9.73. The van der Waals surface area contributed by atoms with Gasteiger partial charge in [-0.2, -0.15) is 0 Å². The van der Waals surface area contributed by atoms with Crippen molar-refractivity contribution in [1.82, 2.24) is 0 Å². The fourth-order valence-electron chi connectivity index (χ4n) is 1.28. The minimum Gasteiger partial charge on any atom is -0.259 e. The topological polar surface area (TPSA) is 43.1 Å². The fourth-order valence-corrected chi connectivity index (χ4v) is 1.28. The highest BCUT2D eigenvalue weighted by atomic mass is 16.6. The van der Waals surface area contributed by atoms with Crippen LogP contribution in [0.3, 0.4) is 0 Å². The molecule has 0 aliphatic rings. The summed E-state index contributed by atoms with van der Waals surface area (Å²) in [7, 11) is 0. The number of rotatable bonds is 3. The van der Waals surface area contributed by atoms with Crippen LogP contribution in [0.25, 0.3) is 0 Å². The van der Waals surface area contributed by atoms with Crippen LogP contribution < -0.4 is 0 Å². The molecule has 0 radical (unpaired) electrons. The van der Waals surface area contributed by atoms with Gasteiger partial charge < -0.3 is 0 Å². The Balaban J connectivity index is 2.82. The van der Waals surface area contributed by atoms with Crippen molar-refractivity contribution in [2.24, 2.45) is 0 Å². The van der Waals surface area contributed by atoms with Gasteiger partial charge in [0, 0.05) is 12.8 Å². The number of hydrogen-bond acceptors (Lipinski definition) is 2. The molecule has 3 nitrogen and oxygen atoms in total. The Bertz CT molecular complexity index is 344. The second kappa shape index (κ2) is 4.56. The Hall–Kier alpha value is -1.64. The standard InChI is InChI=1S/C11H13NO2/c1-9(8-10(2)12(13)14)11-6-4-3-5-7-11/h3-9H,1-2H3/b10-8-. The Kier molecular flexibility index (Phi) is 3.40. The van der Waals surface area contributed by atoms with E-state index in [1.165, 1.54) is 6.92 Å². The van der Waals surface area contributed by atoms with Gasteiger partial charge in [-0.1, -0.05) is 37.3 Å². The van der Waals surface area contributed by atoms with E-state index in [4.69, 9.17) is 0 Å². The lowest BCUT2D eigenvalue weighted by atomic mass is 10.0. The van der Waals surface area contributed by atoms with Crippen LogP contribution in [0.1, 0.15) is 25.3 Å². The van der Waals surface area contributed by atoms with Crippen molar-refractivity contribution in [2.75, 3.05) is 0 Å². The summed E-state index contributed by atoms with van der Waals surface area (Å²) in [6.07, 6.45) is 1.66. The smallest absolute Gasteiger partial charge is 0.239 e. The zero-order valence-corrected chi connectivity index (χ0v) is 8.31. The van der Waals surface area contributed by atoms with Crippen LogP contribution in [0, 0.1) is 10.1 Å². The van der Waals surface area contributed by atoms with Gasteiger partial charge in [0.05, 0.1) is 4.92 Å². The molecule has 0 aromatic heterocycles. The molecule has 74 valence electrons. The van der Waals surface area contributed by atoms with Crippen molar-refractivity contribution in [3.8, 4) is 0 Å². The van der Waals surface area contributed by atoms with E-state index in [9.17, 15) is 10.1 Å². The van der Waals surface area contributed by atoms with Crippen LogP contribution in [0.15, 0.2) is 42.1 Å². The first kappa shape index (κ1) is 10.4. The summed E-state index contributed by atoms with van der Waals surface area (Å²) in [5.74, 6) is 0.0848. The molecule has 0 fully saturated rings. The van der Waals surface area contributed by atoms with Gasteiger partial charge in [-0.3, -0.25) is 10.1 Å². The van der Waals surface area contributed by atoms with Gasteiger partial charge in [0.1, 0.15) is 0 Å². The van der Waals surface area contributed by atoms with Crippen LogP contribution in [-0.4, -0.2) is 4.92 Å². The lowest BCUT2D eigenvalue weighted by molar-refractivity contribution is -0.424. The van der Waals surface area contributed by atoms with Crippen molar-refractivity contribution < 1.29 is 4.92 Å². The van der Waals surface area contributed by atoms with Crippen molar-refractivity contribution in [3.05, 3.63) is 57.8 Å². The first-order valence-electron chi connectivity index (χ1n) is 4.49. The summed E-state index contributed by atoms with van der Waals surface area (Å²) in [4.78, 5) is 10.0. The number of benzene rings is 1. The molecule has 14 heavy (non-hydrogen) atoms. The molecule has 0 aliphatic heterocycles. The van der Waals surface area contributed by atoms with Crippen molar-refractivity contribution in [1.29, 1.82) is 0 Å². The molecule has 1 aromatic rings. The molecule has 0 saturated carbocycles. The minimum absolute atomic E-state index is 0.0848. The average molecular weight is 191 g/mol. The lowest BCUT2D eigenvalue weighted by Gasteiger charge is -2.05. The first-order chi connectivity index (χ1) is 6.61. The maximum atomic E-state index is 10.4. The molecule has 1 rings (SSSR count). The monoisotopic (exact) mass is 191 g/mol. The third-order valence-electron chi connectivity index (χ3n) is 2.10. The van der Waals surface area contributed by atoms with Gasteiger partial charge in [-0.25, -0.2) is 0 Å². The summed E-state index contributed by atoms with van der Waals surface area (Å²) < 4.78 is 0. The molecule has 0 saturated heterocycles. The summed E-state index contributed by atoms with van der Waals surface area (Å²) in [5.41, 5.74) is 1.29. The maximum absolute atomic E-state index is 10.4. The average Bonchev–Trinajstić information content (AvgIpc) is 2.19. The van der Waals surface area contributed by atoms with E-state index in [-0.39, 0.29) is 16.5 Å². The number of nitro groups is 1. The maximum Gasteiger partial charge on any atom is 0.239 e. The Morgan fingerprint density at radius 3 is 2.50 bits per heavy atom. The Labute approximate surface area is 83.2 Å². The van der Waals surface area contributed by atoms with Crippen molar-refractivity contribution >= 4 is 0 Å². The van der Waals surface area contributed by atoms with E-state index < -0.39 is 0 Å². The largest absolute Gasteiger partial charge is 0.259 e. The van der Waals surface area contributed by atoms with Crippen molar-refractivity contribution in [3.63, 3.8) is 0 Å². The van der Waals surface area contributed by atoms with E-state index >= 15 is 0 Å². The highest BCUT2D eigenvalue weighted by Crippen LogP contribution is 2.17. The number of nitrogens with zero attached hydrogens (tertiary/aromatic N) is 1. The molecular formula is C11H13NO2. The van der Waals surface area contributed by atoms with Gasteiger partial charge in [-0.15, -0.1) is 0 Å². The summed E-state index contributed by atoms with van der Waals surface area (Å²) in [5, 5.41) is 10.4. The van der Waals surface area contributed by atoms with E-state index in [0.29, 0.717) is 0 Å². The fraction of sp³-hybridized carbons (Fsp3) is 0.273. The first-order valence-corrected chi connectivity index (χ1v) is 4.49. The zero-order valence-electron chi connectivity index (χ0n) is 8.31. The van der Waals surface area contributed by atoms with Crippen LogP contribution in [0.2, 0.25) is 0 Å². The molecule has 1 aromatic carbocycles. The van der Waals surface area contributed by atoms with Crippen LogP contribution in [-0.2, 0) is 0 Å². The van der Waals surface area contributed by atoms with Gasteiger partial charge in [0.15, 0.2) is 0 Å². The van der Waals surface area contributed by atoms with Gasteiger partial charge in [0.2, 0.25) is 5.70 Å². The van der Waals surface area contributed by atoms with Crippen LogP contribution in [0.5, 0.6) is 0 Å². The predicted molar refractivity (Wildman–Crippen MR) is 55.6 cm³/mol. The number of allylic oxidation sites excluding steroid dienone is 2.